The number of thioether (sulfide) groups is 1. The first-order chi connectivity index (χ1) is 12.6. The Labute approximate surface area is 166 Å². The number of anilines is 2. The molecule has 2 aromatic rings. The van der Waals surface area contributed by atoms with Gasteiger partial charge in [-0.25, -0.2) is 8.42 Å². The number of rotatable bonds is 7. The maximum absolute atomic E-state index is 12.9. The van der Waals surface area contributed by atoms with Crippen molar-refractivity contribution in [2.24, 2.45) is 0 Å². The van der Waals surface area contributed by atoms with Crippen LogP contribution in [0, 0.1) is 13.8 Å². The number of amides is 1. The molecule has 0 aliphatic heterocycles. The van der Waals surface area contributed by atoms with Crippen LogP contribution in [-0.4, -0.2) is 32.4 Å². The lowest BCUT2D eigenvalue weighted by molar-refractivity contribution is -0.116. The molecule has 1 N–H and O–H groups in total. The smallest absolute Gasteiger partial charge is 0.248 e. The van der Waals surface area contributed by atoms with Gasteiger partial charge in [0.05, 0.1) is 17.6 Å². The SMILES string of the molecule is CCSc1ccccc1NC(=O)[C@H](C)N(c1cc(C)cc(C)c1)S(C)(=O)=O. The molecule has 0 bridgehead atoms. The quantitative estimate of drug-likeness (QED) is 0.700. The van der Waals surface area contributed by atoms with Crippen molar-refractivity contribution >= 4 is 39.1 Å². The Kier molecular flexibility index (Phi) is 6.95. The van der Waals surface area contributed by atoms with Crippen molar-refractivity contribution < 1.29 is 13.2 Å². The molecule has 0 aliphatic rings. The minimum atomic E-state index is -3.64. The summed E-state index contributed by atoms with van der Waals surface area (Å²) in [6.45, 7) is 7.45. The van der Waals surface area contributed by atoms with Crippen molar-refractivity contribution in [3.8, 4) is 0 Å². The number of carbonyl (C=O) groups is 1. The molecule has 2 rings (SSSR count). The van der Waals surface area contributed by atoms with E-state index in [1.54, 1.807) is 30.8 Å². The normalized spacial score (nSPS) is 12.5. The fraction of sp³-hybridized carbons (Fsp3) is 0.350. The Bertz CT molecular complexity index is 906. The summed E-state index contributed by atoms with van der Waals surface area (Å²) >= 11 is 1.62. The number of carbonyl (C=O) groups excluding carboxylic acids is 1. The first-order valence-corrected chi connectivity index (χ1v) is 11.6. The van der Waals surface area contributed by atoms with Gasteiger partial charge in [0.25, 0.3) is 0 Å². The number of hydrogen-bond acceptors (Lipinski definition) is 4. The summed E-state index contributed by atoms with van der Waals surface area (Å²) in [5.74, 6) is 0.504. The van der Waals surface area contributed by atoms with Crippen molar-refractivity contribution in [3.05, 3.63) is 53.6 Å². The number of aryl methyl sites for hydroxylation is 2. The van der Waals surface area contributed by atoms with Gasteiger partial charge in [0.2, 0.25) is 15.9 Å². The molecule has 7 heteroatoms. The summed E-state index contributed by atoms with van der Waals surface area (Å²) in [6, 6.07) is 12.1. The molecule has 0 saturated heterocycles. The number of nitrogens with zero attached hydrogens (tertiary/aromatic N) is 1. The largest absolute Gasteiger partial charge is 0.323 e. The zero-order valence-electron chi connectivity index (χ0n) is 16.3. The van der Waals surface area contributed by atoms with Crippen LogP contribution in [0.2, 0.25) is 0 Å². The van der Waals surface area contributed by atoms with Crippen LogP contribution >= 0.6 is 11.8 Å². The van der Waals surface area contributed by atoms with Crippen LogP contribution in [0.15, 0.2) is 47.4 Å². The molecule has 146 valence electrons. The third kappa shape index (κ3) is 5.49. The summed E-state index contributed by atoms with van der Waals surface area (Å²) < 4.78 is 26.1. The van der Waals surface area contributed by atoms with E-state index in [0.29, 0.717) is 11.4 Å². The monoisotopic (exact) mass is 406 g/mol. The Balaban J connectivity index is 2.36. The van der Waals surface area contributed by atoms with E-state index in [1.807, 2.05) is 51.1 Å². The highest BCUT2D eigenvalue weighted by Gasteiger charge is 2.29. The molecule has 2 aromatic carbocycles. The average molecular weight is 407 g/mol. The van der Waals surface area contributed by atoms with Gasteiger partial charge in [-0.3, -0.25) is 9.10 Å². The van der Waals surface area contributed by atoms with Gasteiger partial charge in [-0.1, -0.05) is 25.1 Å². The van der Waals surface area contributed by atoms with Crippen LogP contribution < -0.4 is 9.62 Å². The van der Waals surface area contributed by atoms with Gasteiger partial charge in [-0.05, 0) is 61.9 Å². The maximum atomic E-state index is 12.9. The van der Waals surface area contributed by atoms with Crippen molar-refractivity contribution in [2.45, 2.75) is 38.6 Å². The third-order valence-corrected chi connectivity index (χ3v) is 6.19. The Morgan fingerprint density at radius 1 is 1.15 bits per heavy atom. The van der Waals surface area contributed by atoms with E-state index in [1.165, 1.54) is 4.31 Å². The van der Waals surface area contributed by atoms with Crippen LogP contribution in [0.1, 0.15) is 25.0 Å². The molecular formula is C20H26N2O3S2. The van der Waals surface area contributed by atoms with Crippen LogP contribution in [0.3, 0.4) is 0 Å². The highest BCUT2D eigenvalue weighted by molar-refractivity contribution is 7.99. The van der Waals surface area contributed by atoms with E-state index in [2.05, 4.69) is 5.32 Å². The van der Waals surface area contributed by atoms with Gasteiger partial charge in [0.15, 0.2) is 0 Å². The van der Waals surface area contributed by atoms with Crippen molar-refractivity contribution in [3.63, 3.8) is 0 Å². The molecular weight excluding hydrogens is 380 g/mol. The number of hydrogen-bond donors (Lipinski definition) is 1. The lowest BCUT2D eigenvalue weighted by Gasteiger charge is -2.29. The Morgan fingerprint density at radius 2 is 1.74 bits per heavy atom. The fourth-order valence-corrected chi connectivity index (χ4v) is 4.89. The van der Waals surface area contributed by atoms with Crippen molar-refractivity contribution in [1.29, 1.82) is 0 Å². The lowest BCUT2D eigenvalue weighted by atomic mass is 10.1. The zero-order chi connectivity index (χ0) is 20.2. The Hall–Kier alpha value is -1.99. The Morgan fingerprint density at radius 3 is 2.30 bits per heavy atom. The fourth-order valence-electron chi connectivity index (χ4n) is 2.98. The molecule has 0 saturated carbocycles. The minimum Gasteiger partial charge on any atom is -0.323 e. The lowest BCUT2D eigenvalue weighted by Crippen LogP contribution is -2.45. The molecule has 5 nitrogen and oxygen atoms in total. The highest BCUT2D eigenvalue weighted by atomic mass is 32.2. The predicted octanol–water partition coefficient (Wildman–Crippen LogP) is 4.21. The second-order valence-corrected chi connectivity index (χ2v) is 9.66. The van der Waals surface area contributed by atoms with Gasteiger partial charge in [-0.15, -0.1) is 11.8 Å². The highest BCUT2D eigenvalue weighted by Crippen LogP contribution is 2.28. The van der Waals surface area contributed by atoms with E-state index < -0.39 is 16.1 Å². The van der Waals surface area contributed by atoms with E-state index in [-0.39, 0.29) is 5.91 Å². The summed E-state index contributed by atoms with van der Waals surface area (Å²) in [6.07, 6.45) is 1.12. The van der Waals surface area contributed by atoms with Crippen molar-refractivity contribution in [1.82, 2.24) is 0 Å². The number of sulfonamides is 1. The molecule has 0 spiro atoms. The first-order valence-electron chi connectivity index (χ1n) is 8.74. The van der Waals surface area contributed by atoms with Crippen LogP contribution in [0.4, 0.5) is 11.4 Å². The topological polar surface area (TPSA) is 66.5 Å². The molecule has 1 amide bonds. The van der Waals surface area contributed by atoms with Crippen LogP contribution in [0.5, 0.6) is 0 Å². The molecule has 0 aliphatic carbocycles. The van der Waals surface area contributed by atoms with Gasteiger partial charge in [-0.2, -0.15) is 0 Å². The number of nitrogens with one attached hydrogen (secondary N) is 1. The summed E-state index contributed by atoms with van der Waals surface area (Å²) in [5.41, 5.74) is 3.07. The molecule has 1 atom stereocenters. The van der Waals surface area contributed by atoms with E-state index in [4.69, 9.17) is 0 Å². The van der Waals surface area contributed by atoms with Crippen LogP contribution in [-0.2, 0) is 14.8 Å². The first kappa shape index (κ1) is 21.3. The zero-order valence-corrected chi connectivity index (χ0v) is 17.9. The van der Waals surface area contributed by atoms with Gasteiger partial charge < -0.3 is 5.32 Å². The molecule has 0 heterocycles. The summed E-state index contributed by atoms with van der Waals surface area (Å²) in [4.78, 5) is 13.8. The number of para-hydroxylation sites is 1. The third-order valence-electron chi connectivity index (χ3n) is 3.99. The van der Waals surface area contributed by atoms with Gasteiger partial charge in [0.1, 0.15) is 6.04 Å². The standard InChI is InChI=1S/C20H26N2O3S2/c1-6-26-19-10-8-7-9-18(19)21-20(23)16(4)22(27(5,24)25)17-12-14(2)11-15(3)13-17/h7-13,16H,6H2,1-5H3,(H,21,23)/t16-/m0/s1. The number of benzene rings is 2. The van der Waals surface area contributed by atoms with Gasteiger partial charge in [0, 0.05) is 4.90 Å². The van der Waals surface area contributed by atoms with E-state index in [9.17, 15) is 13.2 Å². The average Bonchev–Trinajstić information content (AvgIpc) is 2.54. The van der Waals surface area contributed by atoms with Gasteiger partial charge >= 0.3 is 0 Å². The predicted molar refractivity (Wildman–Crippen MR) is 114 cm³/mol. The second-order valence-electron chi connectivity index (χ2n) is 6.50. The van der Waals surface area contributed by atoms with Crippen LogP contribution in [0.25, 0.3) is 0 Å². The minimum absolute atomic E-state index is 0.372. The maximum Gasteiger partial charge on any atom is 0.248 e. The molecule has 27 heavy (non-hydrogen) atoms. The van der Waals surface area contributed by atoms with E-state index >= 15 is 0 Å². The van der Waals surface area contributed by atoms with Crippen molar-refractivity contribution in [2.75, 3.05) is 21.6 Å². The summed E-state index contributed by atoms with van der Waals surface area (Å²) in [5, 5.41) is 2.88. The molecule has 0 unspecified atom stereocenters. The molecule has 0 aromatic heterocycles. The summed E-state index contributed by atoms with van der Waals surface area (Å²) in [7, 11) is -3.64. The molecule has 0 fully saturated rings. The molecule has 0 radical (unpaired) electrons. The van der Waals surface area contributed by atoms with E-state index in [0.717, 1.165) is 28.0 Å². The second kappa shape index (κ2) is 8.80.